The highest BCUT2D eigenvalue weighted by Crippen LogP contribution is 2.34. The van der Waals surface area contributed by atoms with Crippen molar-refractivity contribution in [2.24, 2.45) is 0 Å². The summed E-state index contributed by atoms with van der Waals surface area (Å²) in [4.78, 5) is 37.4. The minimum atomic E-state index is -0.708. The van der Waals surface area contributed by atoms with Crippen molar-refractivity contribution in [1.82, 2.24) is 5.32 Å². The molecule has 0 saturated carbocycles. The predicted octanol–water partition coefficient (Wildman–Crippen LogP) is 3.76. The van der Waals surface area contributed by atoms with Gasteiger partial charge >= 0.3 is 5.97 Å². The van der Waals surface area contributed by atoms with Gasteiger partial charge in [-0.2, -0.15) is 0 Å². The Kier molecular flexibility index (Phi) is 7.06. The Morgan fingerprint density at radius 3 is 2.48 bits per heavy atom. The molecule has 1 heterocycles. The predicted molar refractivity (Wildman–Crippen MR) is 102 cm³/mol. The molecule has 1 aromatic carbocycles. The van der Waals surface area contributed by atoms with E-state index in [9.17, 15) is 18.8 Å². The number of nitrogens with one attached hydrogen (secondary N) is 2. The lowest BCUT2D eigenvalue weighted by molar-refractivity contribution is 0.0527. The second-order valence-corrected chi connectivity index (χ2v) is 6.69. The van der Waals surface area contributed by atoms with E-state index in [-0.39, 0.29) is 28.6 Å². The molecule has 8 heteroatoms. The maximum absolute atomic E-state index is 13.9. The third kappa shape index (κ3) is 4.71. The van der Waals surface area contributed by atoms with Crippen molar-refractivity contribution in [3.63, 3.8) is 0 Å². The molecular formula is C19H21FN2O4S. The van der Waals surface area contributed by atoms with E-state index in [0.29, 0.717) is 17.0 Å². The summed E-state index contributed by atoms with van der Waals surface area (Å²) in [6.07, 6.45) is 0.762. The lowest BCUT2D eigenvalue weighted by Gasteiger charge is -2.07. The maximum Gasteiger partial charge on any atom is 0.341 e. The number of amides is 2. The van der Waals surface area contributed by atoms with E-state index in [2.05, 4.69) is 10.6 Å². The Hall–Kier alpha value is -2.74. The normalized spacial score (nSPS) is 10.4. The molecule has 2 aromatic rings. The molecular weight excluding hydrogens is 371 g/mol. The van der Waals surface area contributed by atoms with Gasteiger partial charge in [0, 0.05) is 6.54 Å². The van der Waals surface area contributed by atoms with Gasteiger partial charge < -0.3 is 15.4 Å². The van der Waals surface area contributed by atoms with Crippen LogP contribution in [0.3, 0.4) is 0 Å². The zero-order chi connectivity index (χ0) is 20.0. The van der Waals surface area contributed by atoms with Gasteiger partial charge in [0.25, 0.3) is 11.8 Å². The third-order valence-corrected chi connectivity index (χ3v) is 4.92. The van der Waals surface area contributed by atoms with Crippen LogP contribution >= 0.6 is 11.3 Å². The average Bonchev–Trinajstić information content (AvgIpc) is 2.96. The van der Waals surface area contributed by atoms with E-state index >= 15 is 0 Å². The van der Waals surface area contributed by atoms with Crippen molar-refractivity contribution < 1.29 is 23.5 Å². The number of carbonyl (C=O) groups is 3. The summed E-state index contributed by atoms with van der Waals surface area (Å²) in [5.74, 6) is -2.37. The van der Waals surface area contributed by atoms with E-state index in [1.54, 1.807) is 13.8 Å². The monoisotopic (exact) mass is 392 g/mol. The quantitative estimate of drug-likeness (QED) is 0.703. The minimum Gasteiger partial charge on any atom is -0.462 e. The smallest absolute Gasteiger partial charge is 0.341 e. The number of halogens is 1. The van der Waals surface area contributed by atoms with Gasteiger partial charge in [-0.25, -0.2) is 9.18 Å². The van der Waals surface area contributed by atoms with Gasteiger partial charge in [-0.05, 0) is 38.0 Å². The van der Waals surface area contributed by atoms with Gasteiger partial charge in [0.15, 0.2) is 0 Å². The maximum atomic E-state index is 13.9. The average molecular weight is 392 g/mol. The van der Waals surface area contributed by atoms with Crippen molar-refractivity contribution in [3.8, 4) is 0 Å². The Balaban J connectivity index is 2.41. The molecule has 0 unspecified atom stereocenters. The molecule has 1 aromatic heterocycles. The molecule has 0 spiro atoms. The standard InChI is InChI=1S/C19H21FN2O4S/c1-4-10-21-17(24)15-11(3)14(19(25)26-5-2)18(27-15)22-16(23)12-8-6-7-9-13(12)20/h6-9H,4-5,10H2,1-3H3,(H,21,24)(H,22,23). The van der Waals surface area contributed by atoms with Crippen LogP contribution in [0.4, 0.5) is 9.39 Å². The number of hydrogen-bond donors (Lipinski definition) is 2. The molecule has 0 atom stereocenters. The molecule has 0 aliphatic carbocycles. The van der Waals surface area contributed by atoms with Crippen LogP contribution in [0.25, 0.3) is 0 Å². The van der Waals surface area contributed by atoms with E-state index in [1.807, 2.05) is 6.92 Å². The largest absolute Gasteiger partial charge is 0.462 e. The topological polar surface area (TPSA) is 84.5 Å². The van der Waals surface area contributed by atoms with Gasteiger partial charge in [-0.1, -0.05) is 19.1 Å². The van der Waals surface area contributed by atoms with Gasteiger partial charge in [0.2, 0.25) is 0 Å². The van der Waals surface area contributed by atoms with Crippen molar-refractivity contribution in [2.45, 2.75) is 27.2 Å². The highest BCUT2D eigenvalue weighted by Gasteiger charge is 2.27. The van der Waals surface area contributed by atoms with Crippen LogP contribution in [0.15, 0.2) is 24.3 Å². The van der Waals surface area contributed by atoms with Crippen LogP contribution in [0, 0.1) is 12.7 Å². The van der Waals surface area contributed by atoms with Gasteiger partial charge in [-0.3, -0.25) is 9.59 Å². The first-order chi connectivity index (χ1) is 12.9. The van der Waals surface area contributed by atoms with Crippen molar-refractivity contribution in [2.75, 3.05) is 18.5 Å². The first-order valence-corrected chi connectivity index (χ1v) is 9.36. The summed E-state index contributed by atoms with van der Waals surface area (Å²) in [6.45, 7) is 5.83. The first-order valence-electron chi connectivity index (χ1n) is 8.55. The molecule has 27 heavy (non-hydrogen) atoms. The minimum absolute atomic E-state index is 0.105. The number of esters is 1. The van der Waals surface area contributed by atoms with Crippen LogP contribution < -0.4 is 10.6 Å². The molecule has 144 valence electrons. The van der Waals surface area contributed by atoms with Crippen LogP contribution in [0.1, 0.15) is 56.2 Å². The molecule has 0 saturated heterocycles. The highest BCUT2D eigenvalue weighted by molar-refractivity contribution is 7.18. The number of benzene rings is 1. The molecule has 0 aliphatic heterocycles. The summed E-state index contributed by atoms with van der Waals surface area (Å²) in [5, 5.41) is 5.43. The summed E-state index contributed by atoms with van der Waals surface area (Å²) >= 11 is 0.960. The number of hydrogen-bond acceptors (Lipinski definition) is 5. The molecule has 0 fully saturated rings. The Morgan fingerprint density at radius 1 is 1.15 bits per heavy atom. The second-order valence-electron chi connectivity index (χ2n) is 5.67. The Morgan fingerprint density at radius 2 is 1.85 bits per heavy atom. The second kappa shape index (κ2) is 9.27. The SMILES string of the molecule is CCCNC(=O)c1sc(NC(=O)c2ccccc2F)c(C(=O)OCC)c1C. The number of carbonyl (C=O) groups excluding carboxylic acids is 3. The van der Waals surface area contributed by atoms with Crippen LogP contribution in [-0.2, 0) is 4.74 Å². The van der Waals surface area contributed by atoms with Crippen molar-refractivity contribution >= 4 is 34.1 Å². The molecule has 6 nitrogen and oxygen atoms in total. The summed E-state index contributed by atoms with van der Waals surface area (Å²) in [7, 11) is 0. The zero-order valence-corrected chi connectivity index (χ0v) is 16.2. The van der Waals surface area contributed by atoms with E-state index in [1.165, 1.54) is 24.3 Å². The first kappa shape index (κ1) is 20.6. The van der Waals surface area contributed by atoms with Crippen molar-refractivity contribution in [3.05, 3.63) is 51.7 Å². The molecule has 0 bridgehead atoms. The van der Waals surface area contributed by atoms with E-state index in [4.69, 9.17) is 4.74 Å². The van der Waals surface area contributed by atoms with Gasteiger partial charge in [0.1, 0.15) is 10.8 Å². The van der Waals surface area contributed by atoms with Gasteiger partial charge in [0.05, 0.1) is 22.6 Å². The fourth-order valence-electron chi connectivity index (χ4n) is 2.40. The van der Waals surface area contributed by atoms with E-state index < -0.39 is 17.7 Å². The summed E-state index contributed by atoms with van der Waals surface area (Å²) < 4.78 is 18.9. The zero-order valence-electron chi connectivity index (χ0n) is 15.3. The van der Waals surface area contributed by atoms with Crippen LogP contribution in [0.5, 0.6) is 0 Å². The van der Waals surface area contributed by atoms with E-state index in [0.717, 1.165) is 17.8 Å². The number of rotatable bonds is 7. The number of ether oxygens (including phenoxy) is 1. The van der Waals surface area contributed by atoms with Gasteiger partial charge in [-0.15, -0.1) is 11.3 Å². The third-order valence-electron chi connectivity index (χ3n) is 3.71. The van der Waals surface area contributed by atoms with Crippen LogP contribution in [-0.4, -0.2) is 30.9 Å². The Labute approximate surface area is 160 Å². The lowest BCUT2D eigenvalue weighted by Crippen LogP contribution is -2.23. The van der Waals surface area contributed by atoms with Crippen molar-refractivity contribution in [1.29, 1.82) is 0 Å². The number of anilines is 1. The Bertz CT molecular complexity index is 863. The molecule has 2 rings (SSSR count). The molecule has 2 N–H and O–H groups in total. The summed E-state index contributed by atoms with van der Waals surface area (Å²) in [6, 6.07) is 5.52. The molecule has 0 aliphatic rings. The lowest BCUT2D eigenvalue weighted by atomic mass is 10.1. The fraction of sp³-hybridized carbons (Fsp3) is 0.316. The summed E-state index contributed by atoms with van der Waals surface area (Å²) in [5.41, 5.74) is 0.361. The fourth-order valence-corrected chi connectivity index (χ4v) is 3.51. The number of thiophene rings is 1. The molecule has 0 radical (unpaired) electrons. The molecule has 2 amide bonds. The van der Waals surface area contributed by atoms with Crippen LogP contribution in [0.2, 0.25) is 0 Å². The highest BCUT2D eigenvalue weighted by atomic mass is 32.1.